The van der Waals surface area contributed by atoms with Crippen molar-refractivity contribution in [3.8, 4) is 0 Å². The molecule has 1 aliphatic heterocycles. The van der Waals surface area contributed by atoms with E-state index in [1.807, 2.05) is 19.1 Å². The molecular weight excluding hydrogens is 871 g/mol. The van der Waals surface area contributed by atoms with Crippen LogP contribution < -0.4 is 5.32 Å². The van der Waals surface area contributed by atoms with Crippen LogP contribution in [0.3, 0.4) is 0 Å². The Morgan fingerprint density at radius 3 is 1.61 bits per heavy atom. The Morgan fingerprint density at radius 2 is 1.04 bits per heavy atom. The Hall–Kier alpha value is -2.90. The van der Waals surface area contributed by atoms with E-state index >= 15 is 0 Å². The predicted octanol–water partition coefficient (Wildman–Crippen LogP) is 12.1. The van der Waals surface area contributed by atoms with Gasteiger partial charge in [-0.2, -0.15) is 0 Å². The van der Waals surface area contributed by atoms with Crippen molar-refractivity contribution in [1.29, 1.82) is 0 Å². The lowest BCUT2D eigenvalue weighted by atomic mass is 9.99. The number of nitrogens with one attached hydrogen (secondary N) is 1. The average Bonchev–Trinajstić information content (AvgIpc) is 3.34. The maximum atomic E-state index is 12.9. The number of hydrogen-bond acceptors (Lipinski definition) is 10. The van der Waals surface area contributed by atoms with Gasteiger partial charge in [-0.05, 0) is 110 Å². The van der Waals surface area contributed by atoms with Crippen molar-refractivity contribution in [2.75, 3.05) is 19.8 Å². The van der Waals surface area contributed by atoms with Gasteiger partial charge in [0.15, 0.2) is 6.29 Å². The maximum absolute atomic E-state index is 12.9. The number of rotatable bonds is 46. The summed E-state index contributed by atoms with van der Waals surface area (Å²) in [6.45, 7) is 3.99. The molecular formula is C58H101NO10. The van der Waals surface area contributed by atoms with Crippen LogP contribution in [0.4, 0.5) is 0 Å². The van der Waals surface area contributed by atoms with E-state index in [1.54, 1.807) is 6.08 Å². The van der Waals surface area contributed by atoms with Crippen LogP contribution in [0.2, 0.25) is 0 Å². The first-order valence-corrected chi connectivity index (χ1v) is 27.7. The summed E-state index contributed by atoms with van der Waals surface area (Å²) in [6, 6.07) is -0.851. The number of carbonyl (C=O) groups is 2. The van der Waals surface area contributed by atoms with Crippen LogP contribution in [0, 0.1) is 0 Å². The second-order valence-corrected chi connectivity index (χ2v) is 18.9. The summed E-state index contributed by atoms with van der Waals surface area (Å²) < 4.78 is 16.6. The van der Waals surface area contributed by atoms with Gasteiger partial charge >= 0.3 is 5.97 Å². The molecule has 1 fully saturated rings. The van der Waals surface area contributed by atoms with Gasteiger partial charge in [0.05, 0.1) is 32.0 Å². The van der Waals surface area contributed by atoms with Crippen LogP contribution in [-0.2, 0) is 23.8 Å². The molecule has 0 aromatic rings. The minimum Gasteiger partial charge on any atom is -0.466 e. The summed E-state index contributed by atoms with van der Waals surface area (Å²) in [6.07, 6.45) is 51.6. The van der Waals surface area contributed by atoms with E-state index < -0.39 is 49.5 Å². The second kappa shape index (κ2) is 47.4. The zero-order valence-electron chi connectivity index (χ0n) is 43.5. The van der Waals surface area contributed by atoms with E-state index in [1.165, 1.54) is 83.5 Å². The third-order valence-corrected chi connectivity index (χ3v) is 12.6. The minimum absolute atomic E-state index is 0.0473. The van der Waals surface area contributed by atoms with Crippen molar-refractivity contribution < 1.29 is 49.3 Å². The van der Waals surface area contributed by atoms with Gasteiger partial charge in [-0.3, -0.25) is 9.59 Å². The normalized spacial score (nSPS) is 19.9. The van der Waals surface area contributed by atoms with Gasteiger partial charge in [0.25, 0.3) is 0 Å². The Morgan fingerprint density at radius 1 is 0.565 bits per heavy atom. The van der Waals surface area contributed by atoms with Crippen LogP contribution >= 0.6 is 0 Å². The SMILES string of the molecule is C/C=C/CC/C=C/CC/C=C/C(O)C(COC1OC(CO)C(O)C(O)C1O)NC(=O)CCCCCCCC/C=C\C=C/CCCCCOC(=O)CCCCCCCCC/C=C\CCCCCCCC. The summed E-state index contributed by atoms with van der Waals surface area (Å²) in [5, 5.41) is 54.0. The molecule has 0 saturated carbocycles. The molecule has 0 aromatic carbocycles. The van der Waals surface area contributed by atoms with Crippen LogP contribution in [0.15, 0.2) is 72.9 Å². The van der Waals surface area contributed by atoms with Crippen molar-refractivity contribution in [2.45, 2.75) is 262 Å². The van der Waals surface area contributed by atoms with Gasteiger partial charge in [0.1, 0.15) is 24.4 Å². The van der Waals surface area contributed by atoms with Crippen molar-refractivity contribution in [3.63, 3.8) is 0 Å². The van der Waals surface area contributed by atoms with Gasteiger partial charge in [-0.25, -0.2) is 0 Å². The highest BCUT2D eigenvalue weighted by Crippen LogP contribution is 2.23. The molecule has 0 spiro atoms. The van der Waals surface area contributed by atoms with Gasteiger partial charge in [0.2, 0.25) is 5.91 Å². The molecule has 1 heterocycles. The van der Waals surface area contributed by atoms with Crippen molar-refractivity contribution in [1.82, 2.24) is 5.32 Å². The Balaban J connectivity index is 2.11. The number of esters is 1. The van der Waals surface area contributed by atoms with E-state index in [0.717, 1.165) is 96.3 Å². The minimum atomic E-state index is -1.59. The molecule has 11 heteroatoms. The molecule has 0 radical (unpaired) electrons. The third kappa shape index (κ3) is 37.5. The first kappa shape index (κ1) is 64.1. The number of unbranched alkanes of at least 4 members (excludes halogenated alkanes) is 24. The Bertz CT molecular complexity index is 1380. The molecule has 11 nitrogen and oxygen atoms in total. The first-order chi connectivity index (χ1) is 33.7. The van der Waals surface area contributed by atoms with Gasteiger partial charge in [0, 0.05) is 12.8 Å². The third-order valence-electron chi connectivity index (χ3n) is 12.6. The molecule has 1 amide bonds. The maximum Gasteiger partial charge on any atom is 0.305 e. The average molecular weight is 972 g/mol. The predicted molar refractivity (Wildman–Crippen MR) is 283 cm³/mol. The number of ether oxygens (including phenoxy) is 3. The largest absolute Gasteiger partial charge is 0.466 e. The summed E-state index contributed by atoms with van der Waals surface area (Å²) in [5.74, 6) is -0.272. The quantitative estimate of drug-likeness (QED) is 0.0149. The van der Waals surface area contributed by atoms with Gasteiger partial charge in [-0.1, -0.05) is 170 Å². The van der Waals surface area contributed by atoms with E-state index in [0.29, 0.717) is 32.3 Å². The Labute approximate surface area is 420 Å². The number of allylic oxidation sites excluding steroid dienone is 11. The van der Waals surface area contributed by atoms with E-state index in [-0.39, 0.29) is 18.5 Å². The molecule has 0 aliphatic carbocycles. The summed E-state index contributed by atoms with van der Waals surface area (Å²) in [5.41, 5.74) is 0. The number of aliphatic hydroxyl groups is 5. The number of carbonyl (C=O) groups excluding carboxylic acids is 2. The molecule has 7 atom stereocenters. The van der Waals surface area contributed by atoms with Crippen LogP contribution in [0.25, 0.3) is 0 Å². The lowest BCUT2D eigenvalue weighted by Gasteiger charge is -2.40. The number of hydrogen-bond donors (Lipinski definition) is 6. The van der Waals surface area contributed by atoms with Gasteiger partial charge in [-0.15, -0.1) is 0 Å². The highest BCUT2D eigenvalue weighted by molar-refractivity contribution is 5.76. The number of amides is 1. The smallest absolute Gasteiger partial charge is 0.305 e. The van der Waals surface area contributed by atoms with E-state index in [4.69, 9.17) is 14.2 Å². The van der Waals surface area contributed by atoms with Crippen LogP contribution in [0.5, 0.6) is 0 Å². The fraction of sp³-hybridized carbons (Fsp3) is 0.759. The fourth-order valence-electron chi connectivity index (χ4n) is 8.16. The van der Waals surface area contributed by atoms with Crippen molar-refractivity contribution in [2.24, 2.45) is 0 Å². The molecule has 0 aromatic heterocycles. The second-order valence-electron chi connectivity index (χ2n) is 18.9. The van der Waals surface area contributed by atoms with E-state index in [9.17, 15) is 35.1 Å². The molecule has 7 unspecified atom stereocenters. The summed E-state index contributed by atoms with van der Waals surface area (Å²) in [7, 11) is 0. The fourth-order valence-corrected chi connectivity index (χ4v) is 8.16. The molecule has 69 heavy (non-hydrogen) atoms. The van der Waals surface area contributed by atoms with E-state index in [2.05, 4.69) is 66.9 Å². The zero-order valence-corrected chi connectivity index (χ0v) is 43.5. The standard InChI is InChI=1S/C58H101NO10/c1-3-5-7-9-11-13-14-15-16-17-20-23-26-30-34-38-42-46-54(63)67-47-43-39-35-31-27-24-21-18-19-22-25-29-33-37-41-45-53(62)59-50(51(61)44-40-36-32-28-12-10-8-6-4-2)49-68-58-57(66)56(65)55(64)52(48-60)69-58/h4,6,12,15-16,18,21,24,27-28,40,44,50-52,55-58,60-61,64-66H,3,5,7-11,13-14,17,19-20,22-23,25-26,29-39,41-43,45-49H2,1-2H3,(H,59,62)/b6-4+,16-15-,21-18-,27-24-,28-12+,44-40+. The van der Waals surface area contributed by atoms with Crippen molar-refractivity contribution >= 4 is 11.9 Å². The molecule has 6 N–H and O–H groups in total. The number of aliphatic hydroxyl groups excluding tert-OH is 5. The van der Waals surface area contributed by atoms with Crippen molar-refractivity contribution in [3.05, 3.63) is 72.9 Å². The topological polar surface area (TPSA) is 175 Å². The van der Waals surface area contributed by atoms with Crippen LogP contribution in [0.1, 0.15) is 219 Å². The summed E-state index contributed by atoms with van der Waals surface area (Å²) >= 11 is 0. The zero-order chi connectivity index (χ0) is 50.3. The Kier molecular flexibility index (Phi) is 44.1. The summed E-state index contributed by atoms with van der Waals surface area (Å²) in [4.78, 5) is 25.0. The molecule has 398 valence electrons. The highest BCUT2D eigenvalue weighted by atomic mass is 16.7. The monoisotopic (exact) mass is 972 g/mol. The molecule has 0 bridgehead atoms. The molecule has 1 aliphatic rings. The molecule has 1 saturated heterocycles. The lowest BCUT2D eigenvalue weighted by molar-refractivity contribution is -0.302. The molecule has 1 rings (SSSR count). The van der Waals surface area contributed by atoms with Crippen LogP contribution in [-0.4, -0.2) is 100 Å². The lowest BCUT2D eigenvalue weighted by Crippen LogP contribution is -2.60. The highest BCUT2D eigenvalue weighted by Gasteiger charge is 2.44. The van der Waals surface area contributed by atoms with Gasteiger partial charge < -0.3 is 45.1 Å². The first-order valence-electron chi connectivity index (χ1n) is 27.7.